The van der Waals surface area contributed by atoms with Crippen LogP contribution in [0.4, 0.5) is 8.78 Å². The number of alkyl halides is 1. The standard InChI is InChI=1S/C13H16BrF2NO2S/c14-6-5-10-2-1-7-17(9-10)20(18,19)11-3-4-12(15)13(16)8-11/h3-4,8,10H,1-2,5-7,9H2. The molecule has 0 amide bonds. The molecule has 0 saturated carbocycles. The van der Waals surface area contributed by atoms with E-state index < -0.39 is 21.7 Å². The summed E-state index contributed by atoms with van der Waals surface area (Å²) >= 11 is 3.36. The molecule has 0 spiro atoms. The molecule has 1 unspecified atom stereocenters. The Hall–Kier alpha value is -0.530. The number of nitrogens with zero attached hydrogens (tertiary/aromatic N) is 1. The molecule has 1 fully saturated rings. The molecule has 0 aromatic heterocycles. The Labute approximate surface area is 126 Å². The third-order valence-corrected chi connectivity index (χ3v) is 5.85. The van der Waals surface area contributed by atoms with Crippen molar-refractivity contribution in [3.05, 3.63) is 29.8 Å². The molecule has 1 atom stereocenters. The van der Waals surface area contributed by atoms with Crippen molar-refractivity contribution in [3.63, 3.8) is 0 Å². The second kappa shape index (κ2) is 6.49. The zero-order valence-electron chi connectivity index (χ0n) is 10.9. The van der Waals surface area contributed by atoms with Gasteiger partial charge in [0.1, 0.15) is 0 Å². The van der Waals surface area contributed by atoms with E-state index in [2.05, 4.69) is 15.9 Å². The fourth-order valence-electron chi connectivity index (χ4n) is 2.42. The first-order valence-electron chi connectivity index (χ1n) is 6.46. The van der Waals surface area contributed by atoms with Gasteiger partial charge in [-0.3, -0.25) is 0 Å². The van der Waals surface area contributed by atoms with Crippen LogP contribution in [0.5, 0.6) is 0 Å². The Bertz CT molecular complexity index is 578. The van der Waals surface area contributed by atoms with Crippen molar-refractivity contribution < 1.29 is 17.2 Å². The van der Waals surface area contributed by atoms with Crippen molar-refractivity contribution in [2.24, 2.45) is 5.92 Å². The highest BCUT2D eigenvalue weighted by molar-refractivity contribution is 9.09. The molecule has 1 aromatic rings. The highest BCUT2D eigenvalue weighted by atomic mass is 79.9. The van der Waals surface area contributed by atoms with Crippen molar-refractivity contribution in [2.45, 2.75) is 24.2 Å². The van der Waals surface area contributed by atoms with Crippen LogP contribution in [0.3, 0.4) is 0 Å². The smallest absolute Gasteiger partial charge is 0.207 e. The van der Waals surface area contributed by atoms with E-state index in [-0.39, 0.29) is 4.90 Å². The molecular weight excluding hydrogens is 352 g/mol. The van der Waals surface area contributed by atoms with Gasteiger partial charge >= 0.3 is 0 Å². The lowest BCUT2D eigenvalue weighted by molar-refractivity contribution is 0.263. The van der Waals surface area contributed by atoms with E-state index in [9.17, 15) is 17.2 Å². The minimum absolute atomic E-state index is 0.184. The number of sulfonamides is 1. The van der Waals surface area contributed by atoms with Crippen LogP contribution in [0, 0.1) is 17.6 Å². The van der Waals surface area contributed by atoms with Crippen molar-refractivity contribution in [2.75, 3.05) is 18.4 Å². The molecule has 1 saturated heterocycles. The lowest BCUT2D eigenvalue weighted by Crippen LogP contribution is -2.40. The summed E-state index contributed by atoms with van der Waals surface area (Å²) in [5.41, 5.74) is 0. The summed E-state index contributed by atoms with van der Waals surface area (Å²) in [7, 11) is -3.74. The zero-order chi connectivity index (χ0) is 14.8. The number of hydrogen-bond donors (Lipinski definition) is 0. The third-order valence-electron chi connectivity index (χ3n) is 3.53. The maximum absolute atomic E-state index is 13.2. The van der Waals surface area contributed by atoms with E-state index in [1.807, 2.05) is 0 Å². The van der Waals surface area contributed by atoms with Gasteiger partial charge in [0.05, 0.1) is 4.90 Å². The van der Waals surface area contributed by atoms with Crippen molar-refractivity contribution in [1.82, 2.24) is 4.31 Å². The molecule has 1 aliphatic heterocycles. The molecule has 1 heterocycles. The Morgan fingerprint density at radius 1 is 1.30 bits per heavy atom. The first-order chi connectivity index (χ1) is 9.45. The summed E-state index contributed by atoms with van der Waals surface area (Å²) in [6.45, 7) is 0.868. The summed E-state index contributed by atoms with van der Waals surface area (Å²) in [6.07, 6.45) is 2.69. The highest BCUT2D eigenvalue weighted by Gasteiger charge is 2.30. The monoisotopic (exact) mass is 367 g/mol. The van der Waals surface area contributed by atoms with Gasteiger partial charge < -0.3 is 0 Å². The van der Waals surface area contributed by atoms with Gasteiger partial charge in [-0.2, -0.15) is 4.31 Å². The fraction of sp³-hybridized carbons (Fsp3) is 0.538. The molecule has 0 aliphatic carbocycles. The number of benzene rings is 1. The van der Waals surface area contributed by atoms with E-state index in [1.54, 1.807) is 0 Å². The topological polar surface area (TPSA) is 37.4 Å². The van der Waals surface area contributed by atoms with E-state index in [1.165, 1.54) is 4.31 Å². The van der Waals surface area contributed by atoms with E-state index in [0.717, 1.165) is 42.8 Å². The Balaban J connectivity index is 2.23. The molecular formula is C13H16BrF2NO2S. The maximum atomic E-state index is 13.2. The van der Waals surface area contributed by atoms with Gasteiger partial charge in [-0.25, -0.2) is 17.2 Å². The summed E-state index contributed by atoms with van der Waals surface area (Å²) in [5, 5.41) is 0.830. The molecule has 112 valence electrons. The summed E-state index contributed by atoms with van der Waals surface area (Å²) in [4.78, 5) is -0.184. The lowest BCUT2D eigenvalue weighted by Gasteiger charge is -2.31. The maximum Gasteiger partial charge on any atom is 0.243 e. The van der Waals surface area contributed by atoms with Crippen LogP contribution in [-0.4, -0.2) is 31.1 Å². The molecule has 2 rings (SSSR count). The van der Waals surface area contributed by atoms with Crippen LogP contribution in [0.25, 0.3) is 0 Å². The number of rotatable bonds is 4. The quantitative estimate of drug-likeness (QED) is 0.766. The van der Waals surface area contributed by atoms with Gasteiger partial charge in [0.15, 0.2) is 11.6 Å². The molecule has 1 aromatic carbocycles. The van der Waals surface area contributed by atoms with Gasteiger partial charge in [-0.15, -0.1) is 0 Å². The zero-order valence-corrected chi connectivity index (χ0v) is 13.3. The third kappa shape index (κ3) is 3.38. The number of hydrogen-bond acceptors (Lipinski definition) is 2. The Morgan fingerprint density at radius 2 is 2.05 bits per heavy atom. The first-order valence-corrected chi connectivity index (χ1v) is 9.02. The largest absolute Gasteiger partial charge is 0.243 e. The highest BCUT2D eigenvalue weighted by Crippen LogP contribution is 2.26. The van der Waals surface area contributed by atoms with Crippen LogP contribution in [-0.2, 0) is 10.0 Å². The second-order valence-corrected chi connectivity index (χ2v) is 7.66. The summed E-state index contributed by atoms with van der Waals surface area (Å²) < 4.78 is 52.3. The molecule has 7 heteroatoms. The van der Waals surface area contributed by atoms with Gasteiger partial charge in [-0.05, 0) is 43.4 Å². The van der Waals surface area contributed by atoms with E-state index in [0.29, 0.717) is 19.0 Å². The Morgan fingerprint density at radius 3 is 2.70 bits per heavy atom. The van der Waals surface area contributed by atoms with Gasteiger partial charge in [0, 0.05) is 18.4 Å². The molecule has 0 radical (unpaired) electrons. The fourth-order valence-corrected chi connectivity index (χ4v) is 4.64. The number of halogens is 3. The normalized spacial score (nSPS) is 21.1. The average Bonchev–Trinajstić information content (AvgIpc) is 2.42. The molecule has 3 nitrogen and oxygen atoms in total. The Kier molecular flexibility index (Phi) is 5.14. The molecule has 1 aliphatic rings. The van der Waals surface area contributed by atoms with Crippen molar-refractivity contribution >= 4 is 26.0 Å². The molecule has 0 N–H and O–H groups in total. The van der Waals surface area contributed by atoms with Gasteiger partial charge in [0.2, 0.25) is 10.0 Å². The summed E-state index contributed by atoms with van der Waals surface area (Å²) in [5.74, 6) is -1.87. The summed E-state index contributed by atoms with van der Waals surface area (Å²) in [6, 6.07) is 2.71. The van der Waals surface area contributed by atoms with Crippen LogP contribution >= 0.6 is 15.9 Å². The lowest BCUT2D eigenvalue weighted by atomic mass is 9.97. The van der Waals surface area contributed by atoms with Crippen molar-refractivity contribution in [1.29, 1.82) is 0 Å². The predicted molar refractivity (Wildman–Crippen MR) is 76.3 cm³/mol. The average molecular weight is 368 g/mol. The van der Waals surface area contributed by atoms with Crippen molar-refractivity contribution in [3.8, 4) is 0 Å². The first kappa shape index (κ1) is 15.9. The minimum atomic E-state index is -3.74. The van der Waals surface area contributed by atoms with Crippen LogP contribution < -0.4 is 0 Å². The van der Waals surface area contributed by atoms with Crippen LogP contribution in [0.15, 0.2) is 23.1 Å². The molecule has 0 bridgehead atoms. The molecule has 20 heavy (non-hydrogen) atoms. The minimum Gasteiger partial charge on any atom is -0.207 e. The van der Waals surface area contributed by atoms with Gasteiger partial charge in [0.25, 0.3) is 0 Å². The number of piperidine rings is 1. The second-order valence-electron chi connectivity index (χ2n) is 4.92. The van der Waals surface area contributed by atoms with E-state index >= 15 is 0 Å². The predicted octanol–water partition coefficient (Wildman–Crippen LogP) is 3.15. The van der Waals surface area contributed by atoms with Crippen LogP contribution in [0.2, 0.25) is 0 Å². The van der Waals surface area contributed by atoms with Gasteiger partial charge in [-0.1, -0.05) is 15.9 Å². The van der Waals surface area contributed by atoms with E-state index in [4.69, 9.17) is 0 Å². The SMILES string of the molecule is O=S(=O)(c1ccc(F)c(F)c1)N1CCCC(CCBr)C1. The van der Waals surface area contributed by atoms with Crippen LogP contribution in [0.1, 0.15) is 19.3 Å².